The number of carbonyl (C=O) groups is 1. The second kappa shape index (κ2) is 5.35. The number of amides is 1. The Morgan fingerprint density at radius 3 is 3.06 bits per heavy atom. The van der Waals surface area contributed by atoms with Crippen molar-refractivity contribution in [3.63, 3.8) is 0 Å². The average molecular weight is 248 g/mol. The zero-order valence-electron chi connectivity index (χ0n) is 10.7. The van der Waals surface area contributed by atoms with Gasteiger partial charge in [0.25, 0.3) is 0 Å². The molecule has 18 heavy (non-hydrogen) atoms. The molecule has 1 aliphatic rings. The standard InChI is InChI=1S/C13H20N4O/c1-9(14)11-5-2-6-16-13(11)17-7-3-4-10(8-17)12(15)18/h2,5-6,9-10H,3-4,7-8,14H2,1H3,(H2,15,18). The summed E-state index contributed by atoms with van der Waals surface area (Å²) >= 11 is 0. The fraction of sp³-hybridized carbons (Fsp3) is 0.538. The third-order valence-electron chi connectivity index (χ3n) is 3.43. The normalized spacial score (nSPS) is 21.7. The van der Waals surface area contributed by atoms with Crippen molar-refractivity contribution in [2.45, 2.75) is 25.8 Å². The molecule has 1 amide bonds. The first kappa shape index (κ1) is 12.8. The van der Waals surface area contributed by atoms with E-state index in [9.17, 15) is 4.79 Å². The summed E-state index contributed by atoms with van der Waals surface area (Å²) in [5.41, 5.74) is 12.4. The number of pyridine rings is 1. The van der Waals surface area contributed by atoms with Gasteiger partial charge in [0.15, 0.2) is 0 Å². The van der Waals surface area contributed by atoms with Crippen LogP contribution in [0.5, 0.6) is 0 Å². The Morgan fingerprint density at radius 2 is 2.39 bits per heavy atom. The van der Waals surface area contributed by atoms with Crippen LogP contribution in [0.4, 0.5) is 5.82 Å². The zero-order valence-corrected chi connectivity index (χ0v) is 10.7. The molecule has 5 heteroatoms. The molecule has 0 aromatic carbocycles. The van der Waals surface area contributed by atoms with Crippen LogP contribution < -0.4 is 16.4 Å². The molecule has 1 aliphatic heterocycles. The molecule has 0 spiro atoms. The summed E-state index contributed by atoms with van der Waals surface area (Å²) in [5.74, 6) is 0.582. The highest BCUT2D eigenvalue weighted by Gasteiger charge is 2.26. The third kappa shape index (κ3) is 2.61. The van der Waals surface area contributed by atoms with E-state index in [-0.39, 0.29) is 17.9 Å². The molecule has 5 nitrogen and oxygen atoms in total. The molecule has 0 radical (unpaired) electrons. The molecule has 2 atom stereocenters. The number of hydrogen-bond acceptors (Lipinski definition) is 4. The fourth-order valence-corrected chi connectivity index (χ4v) is 2.43. The lowest BCUT2D eigenvalue weighted by Crippen LogP contribution is -2.42. The number of piperidine rings is 1. The van der Waals surface area contributed by atoms with Crippen LogP contribution in [0.1, 0.15) is 31.4 Å². The van der Waals surface area contributed by atoms with E-state index >= 15 is 0 Å². The minimum Gasteiger partial charge on any atom is -0.369 e. The van der Waals surface area contributed by atoms with Crippen molar-refractivity contribution < 1.29 is 4.79 Å². The number of anilines is 1. The maximum atomic E-state index is 11.3. The summed E-state index contributed by atoms with van der Waals surface area (Å²) < 4.78 is 0. The van der Waals surface area contributed by atoms with Crippen LogP contribution in [-0.4, -0.2) is 24.0 Å². The van der Waals surface area contributed by atoms with Crippen LogP contribution in [-0.2, 0) is 4.79 Å². The van der Waals surface area contributed by atoms with E-state index in [1.54, 1.807) is 6.20 Å². The number of aromatic nitrogens is 1. The topological polar surface area (TPSA) is 85.2 Å². The highest BCUT2D eigenvalue weighted by Crippen LogP contribution is 2.27. The van der Waals surface area contributed by atoms with Gasteiger partial charge in [-0.3, -0.25) is 4.79 Å². The molecule has 0 saturated carbocycles. The Balaban J connectivity index is 2.23. The van der Waals surface area contributed by atoms with E-state index in [4.69, 9.17) is 11.5 Å². The van der Waals surface area contributed by atoms with Crippen LogP contribution in [0.2, 0.25) is 0 Å². The lowest BCUT2D eigenvalue weighted by Gasteiger charge is -2.33. The lowest BCUT2D eigenvalue weighted by atomic mass is 9.97. The second-order valence-corrected chi connectivity index (χ2v) is 4.89. The molecular weight excluding hydrogens is 228 g/mol. The van der Waals surface area contributed by atoms with Crippen molar-refractivity contribution in [1.29, 1.82) is 0 Å². The van der Waals surface area contributed by atoms with Crippen molar-refractivity contribution in [2.24, 2.45) is 17.4 Å². The van der Waals surface area contributed by atoms with Gasteiger partial charge in [0.2, 0.25) is 5.91 Å². The Bertz CT molecular complexity index is 433. The first-order chi connectivity index (χ1) is 8.59. The molecule has 2 heterocycles. The summed E-state index contributed by atoms with van der Waals surface area (Å²) in [4.78, 5) is 17.8. The quantitative estimate of drug-likeness (QED) is 0.828. The Morgan fingerprint density at radius 1 is 1.61 bits per heavy atom. The van der Waals surface area contributed by atoms with E-state index < -0.39 is 0 Å². The number of nitrogens with zero attached hydrogens (tertiary/aromatic N) is 2. The number of nitrogens with two attached hydrogens (primary N) is 2. The van der Waals surface area contributed by atoms with E-state index in [0.29, 0.717) is 6.54 Å². The molecule has 0 aliphatic carbocycles. The van der Waals surface area contributed by atoms with Gasteiger partial charge in [-0.2, -0.15) is 0 Å². The first-order valence-corrected chi connectivity index (χ1v) is 6.34. The molecule has 1 aromatic heterocycles. The van der Waals surface area contributed by atoms with Crippen molar-refractivity contribution in [3.05, 3.63) is 23.9 Å². The van der Waals surface area contributed by atoms with Gasteiger partial charge in [0.05, 0.1) is 5.92 Å². The largest absolute Gasteiger partial charge is 0.369 e. The fourth-order valence-electron chi connectivity index (χ4n) is 2.43. The maximum Gasteiger partial charge on any atom is 0.222 e. The Labute approximate surface area is 107 Å². The smallest absolute Gasteiger partial charge is 0.222 e. The van der Waals surface area contributed by atoms with Gasteiger partial charge in [-0.05, 0) is 25.8 Å². The average Bonchev–Trinajstić information content (AvgIpc) is 2.39. The SMILES string of the molecule is CC(N)c1cccnc1N1CCCC(C(N)=O)C1. The predicted molar refractivity (Wildman–Crippen MR) is 71.0 cm³/mol. The van der Waals surface area contributed by atoms with Gasteiger partial charge in [-0.25, -0.2) is 4.98 Å². The lowest BCUT2D eigenvalue weighted by molar-refractivity contribution is -0.122. The Kier molecular flexibility index (Phi) is 3.81. The number of carbonyl (C=O) groups excluding carboxylic acids is 1. The van der Waals surface area contributed by atoms with E-state index in [0.717, 1.165) is 30.8 Å². The van der Waals surface area contributed by atoms with Crippen LogP contribution in [0.15, 0.2) is 18.3 Å². The summed E-state index contributed by atoms with van der Waals surface area (Å²) in [7, 11) is 0. The molecule has 0 bridgehead atoms. The molecule has 1 saturated heterocycles. The monoisotopic (exact) mass is 248 g/mol. The van der Waals surface area contributed by atoms with Crippen molar-refractivity contribution in [1.82, 2.24) is 4.98 Å². The number of hydrogen-bond donors (Lipinski definition) is 2. The van der Waals surface area contributed by atoms with Crippen LogP contribution in [0.25, 0.3) is 0 Å². The summed E-state index contributed by atoms with van der Waals surface area (Å²) in [5, 5.41) is 0. The van der Waals surface area contributed by atoms with Crippen LogP contribution in [0, 0.1) is 5.92 Å². The third-order valence-corrected chi connectivity index (χ3v) is 3.43. The molecule has 4 N–H and O–H groups in total. The number of primary amides is 1. The maximum absolute atomic E-state index is 11.3. The van der Waals surface area contributed by atoms with Crippen LogP contribution in [0.3, 0.4) is 0 Å². The van der Waals surface area contributed by atoms with Crippen molar-refractivity contribution in [3.8, 4) is 0 Å². The molecule has 1 fully saturated rings. The van der Waals surface area contributed by atoms with Crippen molar-refractivity contribution >= 4 is 11.7 Å². The second-order valence-electron chi connectivity index (χ2n) is 4.89. The summed E-state index contributed by atoms with van der Waals surface area (Å²) in [6, 6.07) is 3.81. The van der Waals surface area contributed by atoms with Gasteiger partial charge < -0.3 is 16.4 Å². The van der Waals surface area contributed by atoms with Gasteiger partial charge in [-0.1, -0.05) is 6.07 Å². The molecular formula is C13H20N4O. The minimum atomic E-state index is -0.224. The summed E-state index contributed by atoms with van der Waals surface area (Å²) in [6.07, 6.45) is 3.59. The van der Waals surface area contributed by atoms with Crippen LogP contribution >= 0.6 is 0 Å². The Hall–Kier alpha value is -1.62. The molecule has 2 rings (SSSR count). The van der Waals surface area contributed by atoms with E-state index in [1.807, 2.05) is 19.1 Å². The van der Waals surface area contributed by atoms with Gasteiger partial charge >= 0.3 is 0 Å². The highest BCUT2D eigenvalue weighted by molar-refractivity contribution is 5.77. The van der Waals surface area contributed by atoms with Gasteiger partial charge in [0.1, 0.15) is 5.82 Å². The molecule has 98 valence electrons. The summed E-state index contributed by atoms with van der Waals surface area (Å²) in [6.45, 7) is 3.49. The van der Waals surface area contributed by atoms with E-state index in [1.165, 1.54) is 0 Å². The molecule has 2 unspecified atom stereocenters. The van der Waals surface area contributed by atoms with Gasteiger partial charge in [0, 0.05) is 30.9 Å². The molecule has 1 aromatic rings. The first-order valence-electron chi connectivity index (χ1n) is 6.34. The number of rotatable bonds is 3. The predicted octanol–water partition coefficient (Wildman–Crippen LogP) is 0.803. The minimum absolute atomic E-state index is 0.0670. The van der Waals surface area contributed by atoms with Crippen molar-refractivity contribution in [2.75, 3.05) is 18.0 Å². The van der Waals surface area contributed by atoms with E-state index in [2.05, 4.69) is 9.88 Å². The zero-order chi connectivity index (χ0) is 13.1. The van der Waals surface area contributed by atoms with Gasteiger partial charge in [-0.15, -0.1) is 0 Å². The highest BCUT2D eigenvalue weighted by atomic mass is 16.1.